The quantitative estimate of drug-likeness (QED) is 0.245. The van der Waals surface area contributed by atoms with Crippen LogP contribution >= 0.6 is 15.9 Å². The van der Waals surface area contributed by atoms with Gasteiger partial charge in [-0.05, 0) is 52.3 Å². The number of ether oxygens (including phenoxy) is 1. The third kappa shape index (κ3) is 4.04. The average Bonchev–Trinajstić information content (AvgIpc) is 3.00. The van der Waals surface area contributed by atoms with Crippen LogP contribution in [0.15, 0.2) is 64.4 Å². The number of nitrogens with one attached hydrogen (secondary N) is 1. The Labute approximate surface area is 173 Å². The molecule has 2 aromatic heterocycles. The van der Waals surface area contributed by atoms with Crippen LogP contribution in [0.5, 0.6) is 11.5 Å². The third-order valence-corrected chi connectivity index (χ3v) is 4.85. The SMILES string of the molecule is Cn1c(Nc2ccc(Br)c(F)c2)nc2cc(Oc3ccnc(/C=N/O)c3)ccc21. The first-order chi connectivity index (χ1) is 14.0. The van der Waals surface area contributed by atoms with E-state index in [9.17, 15) is 4.39 Å². The van der Waals surface area contributed by atoms with E-state index >= 15 is 0 Å². The van der Waals surface area contributed by atoms with Crippen LogP contribution in [-0.2, 0) is 7.05 Å². The molecule has 0 radical (unpaired) electrons. The lowest BCUT2D eigenvalue weighted by Crippen LogP contribution is -1.99. The predicted octanol–water partition coefficient (Wildman–Crippen LogP) is 5.21. The van der Waals surface area contributed by atoms with Crippen LogP contribution in [0, 0.1) is 5.82 Å². The summed E-state index contributed by atoms with van der Waals surface area (Å²) in [6.07, 6.45) is 2.78. The molecule has 9 heteroatoms. The standard InChI is InChI=1S/C20H15BrFN5O2/c1-27-19-5-3-14(29-15-6-7-23-13(8-15)11-24-28)10-18(19)26-20(27)25-12-2-4-16(21)17(22)9-12/h2-11,28H,1H3,(H,25,26)/b24-11+. The highest BCUT2D eigenvalue weighted by atomic mass is 79.9. The second kappa shape index (κ2) is 7.88. The largest absolute Gasteiger partial charge is 0.457 e. The van der Waals surface area contributed by atoms with E-state index < -0.39 is 0 Å². The smallest absolute Gasteiger partial charge is 0.208 e. The van der Waals surface area contributed by atoms with Gasteiger partial charge in [0, 0.05) is 31.1 Å². The van der Waals surface area contributed by atoms with E-state index in [1.807, 2.05) is 29.8 Å². The molecule has 0 saturated heterocycles. The topological polar surface area (TPSA) is 84.6 Å². The summed E-state index contributed by atoms with van der Waals surface area (Å²) in [5.41, 5.74) is 2.67. The Morgan fingerprint density at radius 1 is 1.17 bits per heavy atom. The molecule has 4 rings (SSSR count). The first-order valence-corrected chi connectivity index (χ1v) is 9.32. The van der Waals surface area contributed by atoms with Gasteiger partial charge in [0.1, 0.15) is 17.3 Å². The molecule has 0 amide bonds. The van der Waals surface area contributed by atoms with Crippen LogP contribution in [0.3, 0.4) is 0 Å². The van der Waals surface area contributed by atoms with Gasteiger partial charge in [-0.25, -0.2) is 9.37 Å². The number of hydrogen-bond donors (Lipinski definition) is 2. The van der Waals surface area contributed by atoms with E-state index in [1.165, 1.54) is 12.3 Å². The number of pyridine rings is 1. The summed E-state index contributed by atoms with van der Waals surface area (Å²) in [4.78, 5) is 8.62. The summed E-state index contributed by atoms with van der Waals surface area (Å²) in [7, 11) is 1.87. The van der Waals surface area contributed by atoms with E-state index in [4.69, 9.17) is 9.94 Å². The van der Waals surface area contributed by atoms with E-state index in [1.54, 1.807) is 30.5 Å². The number of imidazole rings is 1. The number of oxime groups is 1. The van der Waals surface area contributed by atoms with Crippen LogP contribution in [0.1, 0.15) is 5.69 Å². The molecule has 2 heterocycles. The van der Waals surface area contributed by atoms with Crippen molar-refractivity contribution in [2.24, 2.45) is 12.2 Å². The fraction of sp³-hybridized carbons (Fsp3) is 0.0500. The number of rotatable bonds is 5. The van der Waals surface area contributed by atoms with Crippen molar-refractivity contribution in [3.63, 3.8) is 0 Å². The van der Waals surface area contributed by atoms with E-state index in [0.717, 1.165) is 11.0 Å². The highest BCUT2D eigenvalue weighted by molar-refractivity contribution is 9.10. The number of benzene rings is 2. The van der Waals surface area contributed by atoms with Gasteiger partial charge in [-0.3, -0.25) is 4.98 Å². The monoisotopic (exact) mass is 455 g/mol. The number of fused-ring (bicyclic) bond motifs is 1. The molecule has 0 bridgehead atoms. The molecule has 29 heavy (non-hydrogen) atoms. The zero-order valence-corrected chi connectivity index (χ0v) is 16.8. The van der Waals surface area contributed by atoms with E-state index in [2.05, 4.69) is 36.4 Å². The van der Waals surface area contributed by atoms with Crippen LogP contribution in [0.4, 0.5) is 16.0 Å². The normalized spacial score (nSPS) is 11.3. The summed E-state index contributed by atoms with van der Waals surface area (Å²) < 4.78 is 21.9. The summed E-state index contributed by atoms with van der Waals surface area (Å²) in [6.45, 7) is 0. The Morgan fingerprint density at radius 3 is 2.79 bits per heavy atom. The average molecular weight is 456 g/mol. The number of nitrogens with zero attached hydrogens (tertiary/aromatic N) is 4. The summed E-state index contributed by atoms with van der Waals surface area (Å²) in [5.74, 6) is 1.36. The van der Waals surface area contributed by atoms with Crippen LogP contribution in [-0.4, -0.2) is 26.0 Å². The van der Waals surface area contributed by atoms with Crippen molar-refractivity contribution in [1.82, 2.24) is 14.5 Å². The molecule has 0 aliphatic rings. The number of aryl methyl sites for hydroxylation is 1. The number of halogens is 2. The Kier molecular flexibility index (Phi) is 5.13. The minimum Gasteiger partial charge on any atom is -0.457 e. The molecule has 0 spiro atoms. The van der Waals surface area contributed by atoms with Crippen molar-refractivity contribution in [3.8, 4) is 11.5 Å². The number of anilines is 2. The highest BCUT2D eigenvalue weighted by Crippen LogP contribution is 2.28. The van der Waals surface area contributed by atoms with Crippen LogP contribution in [0.2, 0.25) is 0 Å². The van der Waals surface area contributed by atoms with Crippen molar-refractivity contribution >= 4 is 44.8 Å². The molecule has 2 N–H and O–H groups in total. The molecule has 0 atom stereocenters. The minimum atomic E-state index is -0.354. The maximum atomic E-state index is 13.8. The first-order valence-electron chi connectivity index (χ1n) is 8.53. The molecule has 146 valence electrons. The predicted molar refractivity (Wildman–Crippen MR) is 112 cm³/mol. The van der Waals surface area contributed by atoms with Crippen LogP contribution in [0.25, 0.3) is 11.0 Å². The van der Waals surface area contributed by atoms with Gasteiger partial charge in [-0.15, -0.1) is 0 Å². The number of aromatic nitrogens is 3. The molecule has 0 aliphatic heterocycles. The van der Waals surface area contributed by atoms with E-state index in [-0.39, 0.29) is 5.82 Å². The number of hydrogen-bond acceptors (Lipinski definition) is 6. The first kappa shape index (κ1) is 18.9. The van der Waals surface area contributed by atoms with Gasteiger partial charge in [0.2, 0.25) is 5.95 Å². The second-order valence-corrected chi connectivity index (χ2v) is 7.02. The van der Waals surface area contributed by atoms with E-state index in [0.29, 0.717) is 33.3 Å². The molecule has 0 unspecified atom stereocenters. The summed E-state index contributed by atoms with van der Waals surface area (Å²) in [6, 6.07) is 13.7. The second-order valence-electron chi connectivity index (χ2n) is 6.16. The van der Waals surface area contributed by atoms with Gasteiger partial charge >= 0.3 is 0 Å². The molecule has 0 aliphatic carbocycles. The van der Waals surface area contributed by atoms with Gasteiger partial charge in [-0.1, -0.05) is 5.16 Å². The highest BCUT2D eigenvalue weighted by Gasteiger charge is 2.11. The third-order valence-electron chi connectivity index (χ3n) is 4.21. The Bertz CT molecular complexity index is 1220. The minimum absolute atomic E-state index is 0.354. The van der Waals surface area contributed by atoms with Crippen molar-refractivity contribution in [1.29, 1.82) is 0 Å². The van der Waals surface area contributed by atoms with Gasteiger partial charge in [0.25, 0.3) is 0 Å². The fourth-order valence-corrected chi connectivity index (χ4v) is 3.06. The van der Waals surface area contributed by atoms with Crippen molar-refractivity contribution in [2.75, 3.05) is 5.32 Å². The lowest BCUT2D eigenvalue weighted by atomic mass is 10.3. The van der Waals surface area contributed by atoms with Crippen molar-refractivity contribution < 1.29 is 14.3 Å². The van der Waals surface area contributed by atoms with Crippen molar-refractivity contribution in [3.05, 3.63) is 70.7 Å². The van der Waals surface area contributed by atoms with Gasteiger partial charge in [0.05, 0.1) is 27.4 Å². The maximum absolute atomic E-state index is 13.8. The maximum Gasteiger partial charge on any atom is 0.208 e. The molecule has 0 fully saturated rings. The summed E-state index contributed by atoms with van der Waals surface area (Å²) in [5, 5.41) is 14.7. The van der Waals surface area contributed by atoms with Crippen LogP contribution < -0.4 is 10.1 Å². The molecule has 7 nitrogen and oxygen atoms in total. The van der Waals surface area contributed by atoms with Gasteiger partial charge in [-0.2, -0.15) is 0 Å². The molecule has 4 aromatic rings. The Hall–Kier alpha value is -3.46. The Balaban J connectivity index is 1.61. The summed E-state index contributed by atoms with van der Waals surface area (Å²) >= 11 is 3.14. The molecular weight excluding hydrogens is 441 g/mol. The fourth-order valence-electron chi connectivity index (χ4n) is 2.82. The molecule has 2 aromatic carbocycles. The van der Waals surface area contributed by atoms with Gasteiger partial charge in [0.15, 0.2) is 0 Å². The molecular formula is C20H15BrFN5O2. The molecule has 0 saturated carbocycles. The van der Waals surface area contributed by atoms with Gasteiger partial charge < -0.3 is 19.8 Å². The lowest BCUT2D eigenvalue weighted by molar-refractivity contribution is 0.321. The lowest BCUT2D eigenvalue weighted by Gasteiger charge is -2.07. The Morgan fingerprint density at radius 2 is 2.00 bits per heavy atom. The zero-order chi connectivity index (χ0) is 20.4. The zero-order valence-electron chi connectivity index (χ0n) is 15.2. The van der Waals surface area contributed by atoms with Crippen molar-refractivity contribution in [2.45, 2.75) is 0 Å².